The number of likely N-dealkylation sites (N-methyl/N-ethyl adjacent to an activating group) is 2. The molecule has 0 saturated heterocycles. The van der Waals surface area contributed by atoms with Gasteiger partial charge in [0.1, 0.15) is 0 Å². The molecule has 146 valence electrons. The molecule has 2 aromatic heterocycles. The van der Waals surface area contributed by atoms with Crippen LogP contribution in [0.2, 0.25) is 0 Å². The Morgan fingerprint density at radius 2 is 1.93 bits per heavy atom. The molecular formula is C20H29N5O2. The van der Waals surface area contributed by atoms with Crippen molar-refractivity contribution in [2.24, 2.45) is 0 Å². The molecule has 27 heavy (non-hydrogen) atoms. The number of hydrogen-bond donors (Lipinski definition) is 0. The molecule has 1 aliphatic rings. The van der Waals surface area contributed by atoms with E-state index in [-0.39, 0.29) is 24.4 Å². The molecule has 0 radical (unpaired) electrons. The lowest BCUT2D eigenvalue weighted by molar-refractivity contribution is -0.131. The molecule has 2 heterocycles. The molecule has 0 aromatic carbocycles. The minimum atomic E-state index is -0.159. The van der Waals surface area contributed by atoms with Crippen LogP contribution in [0.3, 0.4) is 0 Å². The first-order chi connectivity index (χ1) is 12.9. The first-order valence-corrected chi connectivity index (χ1v) is 9.78. The average Bonchev–Trinajstić information content (AvgIpc) is 3.40. The predicted octanol–water partition coefficient (Wildman–Crippen LogP) is 2.83. The van der Waals surface area contributed by atoms with Gasteiger partial charge in [0.15, 0.2) is 5.65 Å². The fourth-order valence-electron chi connectivity index (χ4n) is 3.34. The fourth-order valence-corrected chi connectivity index (χ4v) is 3.34. The van der Waals surface area contributed by atoms with Gasteiger partial charge in [0.25, 0.3) is 5.91 Å². The third-order valence-corrected chi connectivity index (χ3v) is 5.14. The minimum absolute atomic E-state index is 0.0403. The van der Waals surface area contributed by atoms with Crippen LogP contribution >= 0.6 is 0 Å². The summed E-state index contributed by atoms with van der Waals surface area (Å²) in [5, 5.41) is 5.19. The largest absolute Gasteiger partial charge is 0.342 e. The number of carbonyl (C=O) groups is 2. The van der Waals surface area contributed by atoms with Gasteiger partial charge in [-0.3, -0.25) is 9.59 Å². The number of fused-ring (bicyclic) bond motifs is 1. The van der Waals surface area contributed by atoms with Crippen molar-refractivity contribution in [2.75, 3.05) is 26.7 Å². The zero-order chi connectivity index (χ0) is 19.7. The molecule has 0 aliphatic heterocycles. The zero-order valence-electron chi connectivity index (χ0n) is 16.9. The summed E-state index contributed by atoms with van der Waals surface area (Å²) in [7, 11) is 1.68. The van der Waals surface area contributed by atoms with Crippen molar-refractivity contribution in [3.8, 4) is 0 Å². The summed E-state index contributed by atoms with van der Waals surface area (Å²) in [5.41, 5.74) is 2.29. The number of carbonyl (C=O) groups excluding carboxylic acids is 2. The smallest absolute Gasteiger partial charge is 0.254 e. The summed E-state index contributed by atoms with van der Waals surface area (Å²) >= 11 is 0. The quantitative estimate of drug-likeness (QED) is 0.750. The monoisotopic (exact) mass is 371 g/mol. The van der Waals surface area contributed by atoms with Crippen LogP contribution in [0.5, 0.6) is 0 Å². The van der Waals surface area contributed by atoms with E-state index in [1.54, 1.807) is 18.1 Å². The van der Waals surface area contributed by atoms with Gasteiger partial charge in [-0.1, -0.05) is 0 Å². The van der Waals surface area contributed by atoms with Crippen molar-refractivity contribution >= 4 is 22.8 Å². The van der Waals surface area contributed by atoms with Gasteiger partial charge in [0, 0.05) is 37.8 Å². The first-order valence-electron chi connectivity index (χ1n) is 9.78. The van der Waals surface area contributed by atoms with E-state index in [1.807, 2.05) is 38.4 Å². The zero-order valence-corrected chi connectivity index (χ0v) is 16.9. The van der Waals surface area contributed by atoms with Gasteiger partial charge in [-0.25, -0.2) is 9.67 Å². The summed E-state index contributed by atoms with van der Waals surface area (Å²) < 4.78 is 1.86. The molecule has 2 aromatic rings. The highest BCUT2D eigenvalue weighted by Crippen LogP contribution is 2.40. The SMILES string of the molecule is CCN(CC)C(=O)CN(C)C(=O)c1cc(C2CC2)nc2c1cnn2C(C)C. The first kappa shape index (κ1) is 19.3. The van der Waals surface area contributed by atoms with Crippen molar-refractivity contribution in [1.82, 2.24) is 24.6 Å². The predicted molar refractivity (Wildman–Crippen MR) is 105 cm³/mol. The van der Waals surface area contributed by atoms with E-state index in [2.05, 4.69) is 5.10 Å². The summed E-state index contributed by atoms with van der Waals surface area (Å²) in [6.07, 6.45) is 3.93. The highest BCUT2D eigenvalue weighted by Gasteiger charge is 2.29. The second-order valence-electron chi connectivity index (χ2n) is 7.52. The maximum absolute atomic E-state index is 13.2. The Morgan fingerprint density at radius 1 is 1.26 bits per heavy atom. The Balaban J connectivity index is 1.94. The molecule has 0 bridgehead atoms. The van der Waals surface area contributed by atoms with Crippen LogP contribution < -0.4 is 0 Å². The maximum atomic E-state index is 13.2. The van der Waals surface area contributed by atoms with Crippen LogP contribution in [-0.4, -0.2) is 63.1 Å². The number of amides is 2. The van der Waals surface area contributed by atoms with Crippen molar-refractivity contribution in [2.45, 2.75) is 52.5 Å². The molecule has 2 amide bonds. The lowest BCUT2D eigenvalue weighted by Crippen LogP contribution is -2.41. The second-order valence-corrected chi connectivity index (χ2v) is 7.52. The Kier molecular flexibility index (Phi) is 5.48. The van der Waals surface area contributed by atoms with Crippen LogP contribution in [0.4, 0.5) is 0 Å². The molecule has 1 fully saturated rings. The van der Waals surface area contributed by atoms with Crippen LogP contribution in [-0.2, 0) is 4.79 Å². The molecular weight excluding hydrogens is 342 g/mol. The van der Waals surface area contributed by atoms with E-state index in [0.717, 1.165) is 29.6 Å². The maximum Gasteiger partial charge on any atom is 0.254 e. The molecule has 7 nitrogen and oxygen atoms in total. The summed E-state index contributed by atoms with van der Waals surface area (Å²) in [5.74, 6) is 0.230. The third kappa shape index (κ3) is 3.82. The van der Waals surface area contributed by atoms with Crippen molar-refractivity contribution in [3.05, 3.63) is 23.5 Å². The van der Waals surface area contributed by atoms with Crippen LogP contribution in [0.1, 0.15) is 68.5 Å². The number of aromatic nitrogens is 3. The molecule has 1 aliphatic carbocycles. The molecule has 0 atom stereocenters. The molecule has 0 unspecified atom stereocenters. The Hall–Kier alpha value is -2.44. The topological polar surface area (TPSA) is 71.3 Å². The van der Waals surface area contributed by atoms with E-state index in [0.29, 0.717) is 24.6 Å². The molecule has 0 N–H and O–H groups in total. The lowest BCUT2D eigenvalue weighted by Gasteiger charge is -2.23. The number of hydrogen-bond acceptors (Lipinski definition) is 4. The molecule has 1 saturated carbocycles. The number of nitrogens with zero attached hydrogens (tertiary/aromatic N) is 5. The van der Waals surface area contributed by atoms with Crippen molar-refractivity contribution < 1.29 is 9.59 Å². The number of pyridine rings is 1. The highest BCUT2D eigenvalue weighted by atomic mass is 16.2. The van der Waals surface area contributed by atoms with Crippen molar-refractivity contribution in [1.29, 1.82) is 0 Å². The van der Waals surface area contributed by atoms with Gasteiger partial charge in [-0.2, -0.15) is 5.10 Å². The van der Waals surface area contributed by atoms with E-state index < -0.39 is 0 Å². The van der Waals surface area contributed by atoms with Gasteiger partial charge in [-0.05, 0) is 46.6 Å². The van der Waals surface area contributed by atoms with Gasteiger partial charge in [-0.15, -0.1) is 0 Å². The molecule has 7 heteroatoms. The second kappa shape index (κ2) is 7.66. The summed E-state index contributed by atoms with van der Waals surface area (Å²) in [6.45, 7) is 9.34. The van der Waals surface area contributed by atoms with Crippen LogP contribution in [0.15, 0.2) is 12.3 Å². The third-order valence-electron chi connectivity index (χ3n) is 5.14. The lowest BCUT2D eigenvalue weighted by atomic mass is 10.1. The Morgan fingerprint density at radius 3 is 2.48 bits per heavy atom. The van der Waals surface area contributed by atoms with Crippen LogP contribution in [0, 0.1) is 0 Å². The fraction of sp³-hybridized carbons (Fsp3) is 0.600. The van der Waals surface area contributed by atoms with Gasteiger partial charge < -0.3 is 9.80 Å². The standard InChI is InChI=1S/C20H29N5O2/c1-6-24(7-2)18(26)12-23(5)20(27)15-10-17(14-8-9-14)22-19-16(15)11-21-25(19)13(3)4/h10-11,13-14H,6-9,12H2,1-5H3. The van der Waals surface area contributed by atoms with Gasteiger partial charge in [0.05, 0.1) is 23.7 Å². The average molecular weight is 371 g/mol. The molecule has 0 spiro atoms. The van der Waals surface area contributed by atoms with Crippen LogP contribution in [0.25, 0.3) is 11.0 Å². The van der Waals surface area contributed by atoms with Gasteiger partial charge in [0.2, 0.25) is 5.91 Å². The van der Waals surface area contributed by atoms with Crippen molar-refractivity contribution in [3.63, 3.8) is 0 Å². The van der Waals surface area contributed by atoms with E-state index in [4.69, 9.17) is 4.98 Å². The number of rotatable bonds is 7. The van der Waals surface area contributed by atoms with Gasteiger partial charge >= 0.3 is 0 Å². The van der Waals surface area contributed by atoms with E-state index in [9.17, 15) is 9.59 Å². The highest BCUT2D eigenvalue weighted by molar-refractivity contribution is 6.06. The minimum Gasteiger partial charge on any atom is -0.342 e. The van der Waals surface area contributed by atoms with E-state index >= 15 is 0 Å². The Bertz CT molecular complexity index is 849. The Labute approximate surface area is 160 Å². The van der Waals surface area contributed by atoms with E-state index in [1.165, 1.54) is 4.90 Å². The normalized spacial score (nSPS) is 14.0. The summed E-state index contributed by atoms with van der Waals surface area (Å²) in [6, 6.07) is 2.06. The summed E-state index contributed by atoms with van der Waals surface area (Å²) in [4.78, 5) is 33.6. The molecule has 3 rings (SSSR count).